The quantitative estimate of drug-likeness (QED) is 0.531. The second-order valence-electron chi connectivity index (χ2n) is 3.94. The first-order valence-corrected chi connectivity index (χ1v) is 5.64. The third kappa shape index (κ3) is 3.74. The molecule has 8 heteroatoms. The van der Waals surface area contributed by atoms with Crippen molar-refractivity contribution in [3.05, 3.63) is 59.3 Å². The maximum absolute atomic E-state index is 13.3. The van der Waals surface area contributed by atoms with Gasteiger partial charge in [0.05, 0.1) is 17.3 Å². The SMILES string of the molecule is Fc1cccc(F)c1C=NNc1ccc(C(F)(F)F)cn1. The second kappa shape index (κ2) is 5.86. The van der Waals surface area contributed by atoms with Gasteiger partial charge in [0, 0.05) is 6.20 Å². The van der Waals surface area contributed by atoms with Crippen molar-refractivity contribution in [2.24, 2.45) is 5.10 Å². The van der Waals surface area contributed by atoms with Crippen LogP contribution in [0, 0.1) is 11.6 Å². The highest BCUT2D eigenvalue weighted by Gasteiger charge is 2.30. The Morgan fingerprint density at radius 1 is 1.05 bits per heavy atom. The van der Waals surface area contributed by atoms with Crippen molar-refractivity contribution in [3.63, 3.8) is 0 Å². The van der Waals surface area contributed by atoms with Crippen LogP contribution in [-0.4, -0.2) is 11.2 Å². The van der Waals surface area contributed by atoms with Gasteiger partial charge < -0.3 is 0 Å². The molecule has 0 unspecified atom stereocenters. The lowest BCUT2D eigenvalue weighted by Gasteiger charge is -2.06. The van der Waals surface area contributed by atoms with Gasteiger partial charge in [-0.05, 0) is 24.3 Å². The van der Waals surface area contributed by atoms with E-state index in [2.05, 4.69) is 15.5 Å². The Bertz CT molecular complexity index is 630. The fourth-order valence-electron chi connectivity index (χ4n) is 1.42. The molecule has 110 valence electrons. The predicted octanol–water partition coefficient (Wildman–Crippen LogP) is 3.82. The van der Waals surface area contributed by atoms with Crippen LogP contribution in [0.2, 0.25) is 0 Å². The molecule has 1 N–H and O–H groups in total. The van der Waals surface area contributed by atoms with Gasteiger partial charge in [-0.3, -0.25) is 5.43 Å². The molecule has 0 radical (unpaired) electrons. The van der Waals surface area contributed by atoms with Crippen LogP contribution in [0.15, 0.2) is 41.6 Å². The summed E-state index contributed by atoms with van der Waals surface area (Å²) < 4.78 is 63.4. The summed E-state index contributed by atoms with van der Waals surface area (Å²) in [5, 5.41) is 3.53. The number of nitrogens with one attached hydrogen (secondary N) is 1. The maximum atomic E-state index is 13.3. The first kappa shape index (κ1) is 14.9. The van der Waals surface area contributed by atoms with E-state index in [1.807, 2.05) is 0 Å². The Labute approximate surface area is 116 Å². The zero-order valence-electron chi connectivity index (χ0n) is 10.3. The van der Waals surface area contributed by atoms with Gasteiger partial charge in [0.25, 0.3) is 0 Å². The molecule has 0 aliphatic carbocycles. The highest BCUT2D eigenvalue weighted by Crippen LogP contribution is 2.28. The molecule has 0 saturated carbocycles. The molecule has 0 atom stereocenters. The molecule has 2 aromatic rings. The molecular weight excluding hydrogens is 293 g/mol. The summed E-state index contributed by atoms with van der Waals surface area (Å²) in [4.78, 5) is 3.49. The van der Waals surface area contributed by atoms with Crippen LogP contribution in [0.4, 0.5) is 27.8 Å². The minimum atomic E-state index is -4.48. The minimum absolute atomic E-state index is 0.0102. The number of rotatable bonds is 3. The zero-order valence-corrected chi connectivity index (χ0v) is 10.3. The standard InChI is InChI=1S/C13H8F5N3/c14-10-2-1-3-11(15)9(10)7-20-21-12-5-4-8(6-19-12)13(16,17)18/h1-7H,(H,19,21). The summed E-state index contributed by atoms with van der Waals surface area (Å²) >= 11 is 0. The molecule has 0 aliphatic heterocycles. The number of hydrogen-bond acceptors (Lipinski definition) is 3. The summed E-state index contributed by atoms with van der Waals surface area (Å²) in [5.74, 6) is -1.60. The third-order valence-electron chi connectivity index (χ3n) is 2.46. The van der Waals surface area contributed by atoms with E-state index in [1.54, 1.807) is 0 Å². The number of pyridine rings is 1. The highest BCUT2D eigenvalue weighted by atomic mass is 19.4. The van der Waals surface area contributed by atoms with Crippen LogP contribution in [0.25, 0.3) is 0 Å². The van der Waals surface area contributed by atoms with Crippen LogP contribution in [0.1, 0.15) is 11.1 Å². The lowest BCUT2D eigenvalue weighted by molar-refractivity contribution is -0.137. The van der Waals surface area contributed by atoms with Crippen LogP contribution in [-0.2, 0) is 6.18 Å². The number of benzene rings is 1. The van der Waals surface area contributed by atoms with Crippen molar-refractivity contribution >= 4 is 12.0 Å². The van der Waals surface area contributed by atoms with E-state index in [9.17, 15) is 22.0 Å². The summed E-state index contributed by atoms with van der Waals surface area (Å²) in [6, 6.07) is 5.18. The smallest absolute Gasteiger partial charge is 0.261 e. The van der Waals surface area contributed by atoms with Gasteiger partial charge >= 0.3 is 6.18 Å². The van der Waals surface area contributed by atoms with Crippen LogP contribution >= 0.6 is 0 Å². The summed E-state index contributed by atoms with van der Waals surface area (Å²) in [7, 11) is 0. The van der Waals surface area contributed by atoms with Crippen molar-refractivity contribution in [2.75, 3.05) is 5.43 Å². The van der Waals surface area contributed by atoms with Crippen molar-refractivity contribution < 1.29 is 22.0 Å². The van der Waals surface area contributed by atoms with Crippen LogP contribution in [0.3, 0.4) is 0 Å². The minimum Gasteiger partial charge on any atom is -0.261 e. The molecule has 0 spiro atoms. The summed E-state index contributed by atoms with van der Waals surface area (Å²) in [6.45, 7) is 0. The highest BCUT2D eigenvalue weighted by molar-refractivity contribution is 5.80. The maximum Gasteiger partial charge on any atom is 0.417 e. The number of anilines is 1. The van der Waals surface area contributed by atoms with Gasteiger partial charge in [-0.25, -0.2) is 13.8 Å². The van der Waals surface area contributed by atoms with E-state index in [0.29, 0.717) is 6.20 Å². The number of alkyl halides is 3. The van der Waals surface area contributed by atoms with Gasteiger partial charge in [-0.1, -0.05) is 6.07 Å². The lowest BCUT2D eigenvalue weighted by atomic mass is 10.2. The van der Waals surface area contributed by atoms with Gasteiger partial charge in [-0.15, -0.1) is 0 Å². The number of halogens is 5. The van der Waals surface area contributed by atoms with Crippen LogP contribution in [0.5, 0.6) is 0 Å². The fraction of sp³-hybridized carbons (Fsp3) is 0.0769. The largest absolute Gasteiger partial charge is 0.417 e. The predicted molar refractivity (Wildman–Crippen MR) is 66.8 cm³/mol. The zero-order chi connectivity index (χ0) is 15.5. The fourth-order valence-corrected chi connectivity index (χ4v) is 1.42. The Kier molecular flexibility index (Phi) is 4.15. The van der Waals surface area contributed by atoms with Crippen molar-refractivity contribution in [1.29, 1.82) is 0 Å². The Morgan fingerprint density at radius 2 is 1.71 bits per heavy atom. The molecule has 0 amide bonds. The van der Waals surface area contributed by atoms with E-state index in [4.69, 9.17) is 0 Å². The number of aromatic nitrogens is 1. The normalized spacial score (nSPS) is 11.9. The molecule has 1 aromatic carbocycles. The van der Waals surface area contributed by atoms with Gasteiger partial charge in [-0.2, -0.15) is 18.3 Å². The number of hydrogen-bond donors (Lipinski definition) is 1. The molecule has 3 nitrogen and oxygen atoms in total. The topological polar surface area (TPSA) is 37.3 Å². The number of hydrazone groups is 1. The lowest BCUT2D eigenvalue weighted by Crippen LogP contribution is -2.05. The molecule has 1 heterocycles. The molecule has 2 rings (SSSR count). The first-order valence-electron chi connectivity index (χ1n) is 5.64. The van der Waals surface area contributed by atoms with E-state index in [-0.39, 0.29) is 11.4 Å². The third-order valence-corrected chi connectivity index (χ3v) is 2.46. The van der Waals surface area contributed by atoms with Crippen molar-refractivity contribution in [3.8, 4) is 0 Å². The second-order valence-corrected chi connectivity index (χ2v) is 3.94. The molecule has 0 bridgehead atoms. The summed E-state index contributed by atoms with van der Waals surface area (Å²) in [5.41, 5.74) is 1.01. The molecule has 1 aromatic heterocycles. The molecule has 0 aliphatic rings. The average Bonchev–Trinajstić information content (AvgIpc) is 2.42. The van der Waals surface area contributed by atoms with E-state index in [0.717, 1.165) is 30.5 Å². The van der Waals surface area contributed by atoms with E-state index >= 15 is 0 Å². The molecule has 21 heavy (non-hydrogen) atoms. The van der Waals surface area contributed by atoms with Gasteiger partial charge in [0.1, 0.15) is 17.5 Å². The molecule has 0 saturated heterocycles. The van der Waals surface area contributed by atoms with Gasteiger partial charge in [0.15, 0.2) is 0 Å². The Hall–Kier alpha value is -2.51. The van der Waals surface area contributed by atoms with Crippen molar-refractivity contribution in [2.45, 2.75) is 6.18 Å². The molecule has 0 fully saturated rings. The van der Waals surface area contributed by atoms with Crippen LogP contribution < -0.4 is 5.43 Å². The monoisotopic (exact) mass is 301 g/mol. The van der Waals surface area contributed by atoms with Crippen molar-refractivity contribution in [1.82, 2.24) is 4.98 Å². The first-order chi connectivity index (χ1) is 9.88. The average molecular weight is 301 g/mol. The summed E-state index contributed by atoms with van der Waals surface area (Å²) in [6.07, 6.45) is -2.98. The van der Waals surface area contributed by atoms with Gasteiger partial charge in [0.2, 0.25) is 0 Å². The van der Waals surface area contributed by atoms with E-state index < -0.39 is 23.4 Å². The number of nitrogens with zero attached hydrogens (tertiary/aromatic N) is 2. The van der Waals surface area contributed by atoms with E-state index in [1.165, 1.54) is 6.07 Å². The Morgan fingerprint density at radius 3 is 2.24 bits per heavy atom. The Balaban J connectivity index is 2.08. The molecular formula is C13H8F5N3.